The molecule has 0 amide bonds. The van der Waals surface area contributed by atoms with Crippen LogP contribution in [0, 0.1) is 45.8 Å². The molecule has 2 N–H and O–H groups in total. The molecule has 4 saturated heterocycles. The molecule has 5 heteroatoms. The number of hydrogen-bond acceptors (Lipinski definition) is 5. The normalized spacial score (nSPS) is 26.5. The van der Waals surface area contributed by atoms with Crippen LogP contribution in [0.1, 0.15) is 89.0 Å². The third-order valence-electron chi connectivity index (χ3n) is 8.67. The lowest BCUT2D eigenvalue weighted by Crippen LogP contribution is -2.49. The molecule has 0 spiro atoms. The van der Waals surface area contributed by atoms with Gasteiger partial charge in [-0.05, 0) is 72.9 Å². The van der Waals surface area contributed by atoms with Gasteiger partial charge in [0.15, 0.2) is 0 Å². The van der Waals surface area contributed by atoms with Crippen molar-refractivity contribution in [1.82, 2.24) is 10.2 Å². The first-order valence-corrected chi connectivity index (χ1v) is 14.7. The van der Waals surface area contributed by atoms with Crippen LogP contribution >= 0.6 is 0 Å². The summed E-state index contributed by atoms with van der Waals surface area (Å²) in [5, 5.41) is 12.7. The highest BCUT2D eigenvalue weighted by atomic mass is 16.5. The molecule has 2 atom stereocenters. The van der Waals surface area contributed by atoms with Gasteiger partial charge in [0.25, 0.3) is 0 Å². The number of nitrogens with one attached hydrogen (secondary N) is 1. The van der Waals surface area contributed by atoms with E-state index in [4.69, 9.17) is 9.47 Å². The molecule has 0 aromatic rings. The van der Waals surface area contributed by atoms with Crippen LogP contribution in [0.5, 0.6) is 0 Å². The Morgan fingerprint density at radius 1 is 0.750 bits per heavy atom. The zero-order chi connectivity index (χ0) is 27.7. The van der Waals surface area contributed by atoms with E-state index in [1.165, 1.54) is 39.0 Å². The van der Waals surface area contributed by atoms with Crippen molar-refractivity contribution >= 4 is 0 Å². The molecule has 0 radical (unpaired) electrons. The molecule has 0 saturated carbocycles. The maximum Gasteiger partial charge on any atom is 0.0828 e. The van der Waals surface area contributed by atoms with Crippen molar-refractivity contribution in [2.45, 2.75) is 95.1 Å². The summed E-state index contributed by atoms with van der Waals surface area (Å²) in [6, 6.07) is 0. The van der Waals surface area contributed by atoms with Gasteiger partial charge in [0.2, 0.25) is 0 Å². The second-order valence-corrected chi connectivity index (χ2v) is 15.3. The van der Waals surface area contributed by atoms with E-state index in [1.807, 2.05) is 0 Å². The Morgan fingerprint density at radius 2 is 1.25 bits per heavy atom. The molecule has 0 bridgehead atoms. The molecule has 5 nitrogen and oxygen atoms in total. The fourth-order valence-electron chi connectivity index (χ4n) is 4.90. The molecule has 0 aliphatic carbocycles. The van der Waals surface area contributed by atoms with Gasteiger partial charge in [0.1, 0.15) is 0 Å². The fraction of sp³-hybridized carbons (Fsp3) is 1.00. The number of rotatable bonds is 1. The predicted octanol–water partition coefficient (Wildman–Crippen LogP) is 5.95. The second-order valence-electron chi connectivity index (χ2n) is 15.3. The van der Waals surface area contributed by atoms with E-state index in [1.54, 1.807) is 0 Å². The summed E-state index contributed by atoms with van der Waals surface area (Å²) < 4.78 is 10.4. The highest BCUT2D eigenvalue weighted by Gasteiger charge is 2.35. The Bertz CT molecular complexity index is 570. The van der Waals surface area contributed by atoms with E-state index < -0.39 is 0 Å². The number of hydrogen-bond donors (Lipinski definition) is 2. The lowest BCUT2D eigenvalue weighted by molar-refractivity contribution is 0.0459. The Hall–Kier alpha value is -0.200. The molecule has 0 aromatic heterocycles. The first kappa shape index (κ1) is 33.8. The van der Waals surface area contributed by atoms with Gasteiger partial charge < -0.3 is 24.8 Å². The quantitative estimate of drug-likeness (QED) is 0.454. The maximum atomic E-state index is 9.40. The number of nitrogens with zero attached hydrogens (tertiary/aromatic N) is 1. The van der Waals surface area contributed by atoms with Crippen molar-refractivity contribution in [1.29, 1.82) is 0 Å². The summed E-state index contributed by atoms with van der Waals surface area (Å²) in [4.78, 5) is 2.37. The van der Waals surface area contributed by atoms with Crippen molar-refractivity contribution < 1.29 is 14.6 Å². The Morgan fingerprint density at radius 3 is 1.42 bits per heavy atom. The first-order valence-electron chi connectivity index (χ1n) is 14.7. The van der Waals surface area contributed by atoms with Gasteiger partial charge in [0, 0.05) is 32.2 Å². The average molecular weight is 513 g/mol. The number of ether oxygens (including phenoxy) is 2. The van der Waals surface area contributed by atoms with E-state index in [0.717, 1.165) is 36.9 Å². The number of likely N-dealkylation sites (tertiary alicyclic amines) is 1. The average Bonchev–Trinajstić information content (AvgIpc) is 3.11. The molecule has 216 valence electrons. The number of aliphatic hydroxyl groups is 1. The largest absolute Gasteiger partial charge is 0.390 e. The topological polar surface area (TPSA) is 54.0 Å². The van der Waals surface area contributed by atoms with Crippen LogP contribution in [-0.4, -0.2) is 75.8 Å². The third kappa shape index (κ3) is 12.6. The molecule has 4 fully saturated rings. The van der Waals surface area contributed by atoms with Crippen molar-refractivity contribution in [3.63, 3.8) is 0 Å². The van der Waals surface area contributed by atoms with E-state index in [9.17, 15) is 5.11 Å². The van der Waals surface area contributed by atoms with Crippen molar-refractivity contribution in [3.05, 3.63) is 0 Å². The minimum atomic E-state index is -0.250. The molecule has 36 heavy (non-hydrogen) atoms. The summed E-state index contributed by atoms with van der Waals surface area (Å²) in [5.41, 5.74) is 1.24. The lowest BCUT2D eigenvalue weighted by Gasteiger charge is -2.44. The summed E-state index contributed by atoms with van der Waals surface area (Å²) in [5.74, 6) is 3.95. The Kier molecular flexibility index (Phi) is 13.9. The Labute approximate surface area is 225 Å². The standard InChI is InChI=1S/C8H17N.C8H16O2.C8H16O.C7H15N/c1-8(2,3)7-5-9(4)6-7;1-8(2,3)6-4-10-5-7(6)9;1-7(2)8-3-5-9-6-4-8;1-7(2,3)6-4-8-5-6/h7H,5-6H2,1-4H3;6-7,9H,4-5H2,1-3H3;7-8H,3-6H2,1-2H3;6,8H,4-5H2,1-3H3. The highest BCUT2D eigenvalue weighted by molar-refractivity contribution is 4.86. The van der Waals surface area contributed by atoms with Gasteiger partial charge in [-0.25, -0.2) is 0 Å². The molecular weight excluding hydrogens is 448 g/mol. The van der Waals surface area contributed by atoms with E-state index in [-0.39, 0.29) is 11.5 Å². The second kappa shape index (κ2) is 14.8. The van der Waals surface area contributed by atoms with Crippen LogP contribution in [0.15, 0.2) is 0 Å². The SMILES string of the molecule is CC(C)(C)C1CNC1.CC(C)(C)C1COCC1O.CC(C)C1CCOCC1.CN1CC(C(C)(C)C)C1. The van der Waals surface area contributed by atoms with Gasteiger partial charge >= 0.3 is 0 Å². The van der Waals surface area contributed by atoms with Gasteiger partial charge in [-0.1, -0.05) is 76.2 Å². The maximum absolute atomic E-state index is 9.40. The van der Waals surface area contributed by atoms with Gasteiger partial charge in [-0.15, -0.1) is 0 Å². The summed E-state index contributed by atoms with van der Waals surface area (Å²) in [7, 11) is 2.18. The first-order chi connectivity index (χ1) is 16.4. The van der Waals surface area contributed by atoms with E-state index >= 15 is 0 Å². The van der Waals surface area contributed by atoms with Crippen LogP contribution < -0.4 is 5.32 Å². The van der Waals surface area contributed by atoms with E-state index in [0.29, 0.717) is 30.0 Å². The molecular formula is C31H64N2O3. The highest BCUT2D eigenvalue weighted by Crippen LogP contribution is 2.33. The predicted molar refractivity (Wildman–Crippen MR) is 154 cm³/mol. The smallest absolute Gasteiger partial charge is 0.0828 e. The molecule has 4 aliphatic rings. The van der Waals surface area contributed by atoms with E-state index in [2.05, 4.69) is 93.4 Å². The van der Waals surface area contributed by atoms with Crippen LogP contribution in [0.25, 0.3) is 0 Å². The third-order valence-corrected chi connectivity index (χ3v) is 8.67. The minimum absolute atomic E-state index is 0.177. The van der Waals surface area contributed by atoms with Crippen LogP contribution in [0.3, 0.4) is 0 Å². The molecule has 4 heterocycles. The summed E-state index contributed by atoms with van der Waals surface area (Å²) >= 11 is 0. The van der Waals surface area contributed by atoms with Crippen molar-refractivity contribution in [2.24, 2.45) is 45.8 Å². The van der Waals surface area contributed by atoms with Gasteiger partial charge in [-0.2, -0.15) is 0 Å². The lowest BCUT2D eigenvalue weighted by atomic mass is 9.76. The van der Waals surface area contributed by atoms with Gasteiger partial charge in [0.05, 0.1) is 19.3 Å². The van der Waals surface area contributed by atoms with Crippen LogP contribution in [0.2, 0.25) is 0 Å². The minimum Gasteiger partial charge on any atom is -0.390 e. The molecule has 4 aliphatic heterocycles. The van der Waals surface area contributed by atoms with Crippen LogP contribution in [-0.2, 0) is 9.47 Å². The molecule has 2 unspecified atom stereocenters. The van der Waals surface area contributed by atoms with Crippen molar-refractivity contribution in [3.8, 4) is 0 Å². The summed E-state index contributed by atoms with van der Waals surface area (Å²) in [6.45, 7) is 33.1. The monoisotopic (exact) mass is 512 g/mol. The number of aliphatic hydroxyl groups excluding tert-OH is 1. The molecule has 4 rings (SSSR count). The van der Waals surface area contributed by atoms with Crippen LogP contribution in [0.4, 0.5) is 0 Å². The summed E-state index contributed by atoms with van der Waals surface area (Å²) in [6.07, 6.45) is 2.30. The van der Waals surface area contributed by atoms with Crippen molar-refractivity contribution in [2.75, 3.05) is 59.7 Å². The molecule has 0 aromatic carbocycles. The fourth-order valence-corrected chi connectivity index (χ4v) is 4.90. The zero-order valence-electron chi connectivity index (χ0n) is 26.2. The Balaban J connectivity index is 0.000000241. The van der Waals surface area contributed by atoms with Gasteiger partial charge in [-0.3, -0.25) is 0 Å². The zero-order valence-corrected chi connectivity index (χ0v) is 26.2.